The van der Waals surface area contributed by atoms with Crippen molar-refractivity contribution in [1.29, 1.82) is 0 Å². The summed E-state index contributed by atoms with van der Waals surface area (Å²) in [6.07, 6.45) is -0.841. The van der Waals surface area contributed by atoms with Crippen molar-refractivity contribution in [3.05, 3.63) is 139 Å². The van der Waals surface area contributed by atoms with Crippen molar-refractivity contribution in [3.63, 3.8) is 0 Å². The summed E-state index contributed by atoms with van der Waals surface area (Å²) in [5.74, 6) is 0. The number of rotatable bonds is 12. The van der Waals surface area contributed by atoms with Gasteiger partial charge in [-0.1, -0.05) is 139 Å². The van der Waals surface area contributed by atoms with Crippen molar-refractivity contribution in [2.24, 2.45) is 0 Å². The fraction of sp³-hybridized carbons (Fsp3) is 0.318. The van der Waals surface area contributed by atoms with E-state index in [1.165, 1.54) is 11.3 Å². The minimum atomic E-state index is -2.03. The summed E-state index contributed by atoms with van der Waals surface area (Å²) in [6.45, 7) is 33.2. The van der Waals surface area contributed by atoms with E-state index in [9.17, 15) is 5.11 Å². The first kappa shape index (κ1) is 45.4. The third-order valence-electron chi connectivity index (χ3n) is 10.3. The van der Waals surface area contributed by atoms with Gasteiger partial charge in [0.25, 0.3) is 0 Å². The Labute approximate surface area is 366 Å². The van der Waals surface area contributed by atoms with Gasteiger partial charge in [-0.05, 0) is 69.1 Å². The van der Waals surface area contributed by atoms with Crippen LogP contribution in [0.1, 0.15) is 67.8 Å². The van der Waals surface area contributed by atoms with Crippen LogP contribution in [0.5, 0.6) is 0 Å². The molecule has 59 heavy (non-hydrogen) atoms. The molecule has 0 bridgehead atoms. The Morgan fingerprint density at radius 2 is 1.08 bits per heavy atom. The number of hydrogen-bond donors (Lipinski definition) is 3. The van der Waals surface area contributed by atoms with Crippen molar-refractivity contribution in [1.82, 2.24) is 20.4 Å². The molecule has 3 N–H and O–H groups in total. The Kier molecular flexibility index (Phi) is 15.1. The SMILES string of the molecule is [C-]#[N+]c1ccc(N[C@@H](c2nnc(-c3ccccc3)s2)[C@H](C)O)c(C)c1Cl.[C-]#[N+]c1ccc(N[C@@H](c2nnc(-c3ccccc3)s2)[C@H](C)O[Si](C)(C)C(C)(C)C)c(C)c1Cl. The summed E-state index contributed by atoms with van der Waals surface area (Å²) < 4.78 is 6.75. The molecule has 6 rings (SSSR count). The van der Waals surface area contributed by atoms with Crippen LogP contribution in [0, 0.1) is 27.0 Å². The standard InChI is InChI=1S/C25H31ClN4OSSi.C19H17ClN4OS/c1-16-19(14-15-20(27-6)21(16)26)28-22(17(2)31-33(7,8)25(3,4)5)24-30-29-23(32-24)18-12-10-9-11-13-18;1-11-14(9-10-15(21-3)16(11)20)22-17(12(2)25)19-24-23-18(26-19)13-7-5-4-6-8-13/h9-15,17,22,28H,1-5,7-8H3;4-10,12,17,22,25H,1-2H3/t17-,22+;12-,17+/m00/s1. The molecule has 6 aromatic rings. The summed E-state index contributed by atoms with van der Waals surface area (Å²) >= 11 is 15.7. The lowest BCUT2D eigenvalue weighted by Gasteiger charge is -2.40. The summed E-state index contributed by atoms with van der Waals surface area (Å²) in [4.78, 5) is 6.91. The van der Waals surface area contributed by atoms with Gasteiger partial charge in [0, 0.05) is 22.5 Å². The lowest BCUT2D eigenvalue weighted by molar-refractivity contribution is 0.171. The number of nitrogens with one attached hydrogen (secondary N) is 2. The number of hydrogen-bond acceptors (Lipinski definition) is 10. The molecule has 2 heterocycles. The number of aromatic nitrogens is 4. The molecule has 0 radical (unpaired) electrons. The minimum absolute atomic E-state index is 0.0820. The fourth-order valence-electron chi connectivity index (χ4n) is 5.76. The maximum Gasteiger partial charge on any atom is 0.205 e. The highest BCUT2D eigenvalue weighted by atomic mass is 35.5. The number of nitrogens with zero attached hydrogens (tertiary/aromatic N) is 6. The zero-order chi connectivity index (χ0) is 43.1. The molecule has 0 aliphatic heterocycles. The molecule has 0 amide bonds. The van der Waals surface area contributed by atoms with Crippen molar-refractivity contribution in [2.45, 2.75) is 90.9 Å². The zero-order valence-corrected chi connectivity index (χ0v) is 38.6. The Bertz CT molecular complexity index is 2440. The van der Waals surface area contributed by atoms with Gasteiger partial charge in [-0.15, -0.1) is 20.4 Å². The first-order valence-electron chi connectivity index (χ1n) is 19.0. The fourth-order valence-corrected chi connectivity index (χ4v) is 9.58. The Balaban J connectivity index is 0.000000230. The average Bonchev–Trinajstić information content (AvgIpc) is 3.91. The maximum absolute atomic E-state index is 10.3. The molecule has 4 aromatic carbocycles. The van der Waals surface area contributed by atoms with Crippen LogP contribution < -0.4 is 10.6 Å². The largest absolute Gasteiger partial charge is 0.412 e. The van der Waals surface area contributed by atoms with Crippen molar-refractivity contribution < 1.29 is 9.53 Å². The quantitative estimate of drug-likeness (QED) is 0.0822. The summed E-state index contributed by atoms with van der Waals surface area (Å²) in [5.41, 5.74) is 6.10. The van der Waals surface area contributed by atoms with E-state index in [0.717, 1.165) is 48.7 Å². The number of benzene rings is 4. The number of anilines is 2. The van der Waals surface area contributed by atoms with Gasteiger partial charge >= 0.3 is 0 Å². The number of aliphatic hydroxyl groups is 1. The van der Waals surface area contributed by atoms with Gasteiger partial charge in [-0.3, -0.25) is 0 Å². The molecule has 306 valence electrons. The number of halogens is 2. The Morgan fingerprint density at radius 3 is 1.47 bits per heavy atom. The third-order valence-corrected chi connectivity index (χ3v) is 17.9. The van der Waals surface area contributed by atoms with Crippen molar-refractivity contribution in [2.75, 3.05) is 10.6 Å². The predicted octanol–water partition coefficient (Wildman–Crippen LogP) is 13.5. The molecule has 0 saturated heterocycles. The third kappa shape index (κ3) is 10.9. The van der Waals surface area contributed by atoms with Crippen LogP contribution in [0.2, 0.25) is 28.2 Å². The van der Waals surface area contributed by atoms with Crippen LogP contribution in [0.25, 0.3) is 30.8 Å². The van der Waals surface area contributed by atoms with E-state index in [1.54, 1.807) is 36.5 Å². The lowest BCUT2D eigenvalue weighted by Crippen LogP contribution is -2.45. The van der Waals surface area contributed by atoms with Crippen LogP contribution in [-0.2, 0) is 4.43 Å². The molecular weight excluding hydrogens is 836 g/mol. The number of aliphatic hydroxyl groups excluding tert-OH is 1. The van der Waals surface area contributed by atoms with Gasteiger partial charge in [0.05, 0.1) is 35.4 Å². The molecule has 0 spiro atoms. The second-order valence-corrected chi connectivity index (χ2v) is 23.1. The summed E-state index contributed by atoms with van der Waals surface area (Å²) in [7, 11) is -2.03. The van der Waals surface area contributed by atoms with Crippen molar-refractivity contribution in [3.8, 4) is 21.1 Å². The first-order chi connectivity index (χ1) is 27.9. The van der Waals surface area contributed by atoms with Gasteiger partial charge in [0.15, 0.2) is 8.32 Å². The molecule has 0 aliphatic carbocycles. The molecule has 0 fully saturated rings. The minimum Gasteiger partial charge on any atom is -0.412 e. The van der Waals surface area contributed by atoms with Gasteiger partial charge in [0.2, 0.25) is 11.4 Å². The highest BCUT2D eigenvalue weighted by Crippen LogP contribution is 2.42. The average molecular weight is 884 g/mol. The van der Waals surface area contributed by atoms with Crippen LogP contribution in [0.3, 0.4) is 0 Å². The van der Waals surface area contributed by atoms with Crippen LogP contribution >= 0.6 is 45.9 Å². The molecule has 4 atom stereocenters. The van der Waals surface area contributed by atoms with E-state index < -0.39 is 20.5 Å². The van der Waals surface area contributed by atoms with E-state index in [-0.39, 0.29) is 17.2 Å². The summed E-state index contributed by atoms with van der Waals surface area (Å²) in [6, 6.07) is 26.3. The highest BCUT2D eigenvalue weighted by Gasteiger charge is 2.40. The van der Waals surface area contributed by atoms with E-state index in [1.807, 2.05) is 80.6 Å². The Morgan fingerprint density at radius 1 is 0.678 bits per heavy atom. The van der Waals surface area contributed by atoms with Gasteiger partial charge in [-0.2, -0.15) is 0 Å². The molecule has 10 nitrogen and oxygen atoms in total. The molecule has 0 saturated carbocycles. The van der Waals surface area contributed by atoms with Crippen LogP contribution in [0.4, 0.5) is 22.7 Å². The first-order valence-corrected chi connectivity index (χ1v) is 24.2. The molecule has 0 unspecified atom stereocenters. The maximum atomic E-state index is 10.3. The normalized spacial score (nSPS) is 13.5. The second-order valence-electron chi connectivity index (χ2n) is 15.6. The van der Waals surface area contributed by atoms with E-state index >= 15 is 0 Å². The highest BCUT2D eigenvalue weighted by molar-refractivity contribution is 7.15. The van der Waals surface area contributed by atoms with E-state index in [0.29, 0.717) is 26.4 Å². The molecule has 0 aliphatic rings. The van der Waals surface area contributed by atoms with Crippen LogP contribution in [0.15, 0.2) is 84.9 Å². The summed E-state index contributed by atoms with van der Waals surface area (Å²) in [5, 5.41) is 38.9. The smallest absolute Gasteiger partial charge is 0.205 e. The molecule has 2 aromatic heterocycles. The second kappa shape index (κ2) is 19.6. The molecular formula is C44H48Cl2N8O2S2Si. The van der Waals surface area contributed by atoms with E-state index in [4.69, 9.17) is 40.8 Å². The Hall–Kier alpha value is -4.70. The van der Waals surface area contributed by atoms with Crippen molar-refractivity contribution >= 4 is 76.9 Å². The van der Waals surface area contributed by atoms with Gasteiger partial charge in [0.1, 0.15) is 32.1 Å². The van der Waals surface area contributed by atoms with Gasteiger partial charge in [-0.25, -0.2) is 9.69 Å². The predicted molar refractivity (Wildman–Crippen MR) is 248 cm³/mol. The van der Waals surface area contributed by atoms with E-state index in [2.05, 4.69) is 81.5 Å². The zero-order valence-electron chi connectivity index (χ0n) is 34.5. The van der Waals surface area contributed by atoms with Crippen LogP contribution in [-0.4, -0.2) is 46.0 Å². The lowest BCUT2D eigenvalue weighted by atomic mass is 10.1. The van der Waals surface area contributed by atoms with Gasteiger partial charge < -0.3 is 20.2 Å². The monoisotopic (exact) mass is 882 g/mol. The topological polar surface area (TPSA) is 114 Å². The molecule has 15 heteroatoms.